The molecule has 1 N–H and O–H groups in total. The van der Waals surface area contributed by atoms with Crippen LogP contribution < -0.4 is 0 Å². The Morgan fingerprint density at radius 3 is 1.41 bits per heavy atom. The number of hydrogen-bond donors (Lipinski definition) is 1. The largest absolute Gasteiger partial charge is 0.462 e. The molecule has 5 nitrogen and oxygen atoms in total. The van der Waals surface area contributed by atoms with Crippen molar-refractivity contribution < 1.29 is 24.2 Å². The zero-order chi connectivity index (χ0) is 33.6. The minimum atomic E-state index is -0.790. The predicted molar refractivity (Wildman–Crippen MR) is 196 cm³/mol. The van der Waals surface area contributed by atoms with E-state index in [0.717, 1.165) is 64.2 Å². The smallest absolute Gasteiger partial charge is 0.306 e. The first kappa shape index (κ1) is 43.9. The van der Waals surface area contributed by atoms with Gasteiger partial charge in [0.25, 0.3) is 0 Å². The lowest BCUT2D eigenvalue weighted by Gasteiger charge is -2.15. The second kappa shape index (κ2) is 37.3. The van der Waals surface area contributed by atoms with Crippen LogP contribution in [0.5, 0.6) is 0 Å². The number of aliphatic hydroxyl groups is 1. The lowest BCUT2D eigenvalue weighted by Crippen LogP contribution is -2.28. The van der Waals surface area contributed by atoms with E-state index in [2.05, 4.69) is 62.5 Å². The van der Waals surface area contributed by atoms with Crippen molar-refractivity contribution in [2.45, 2.75) is 187 Å². The van der Waals surface area contributed by atoms with Crippen LogP contribution in [0.2, 0.25) is 0 Å². The van der Waals surface area contributed by atoms with Gasteiger partial charge in [-0.05, 0) is 51.4 Å². The number of rotatable bonds is 34. The third kappa shape index (κ3) is 34.7. The lowest BCUT2D eigenvalue weighted by atomic mass is 10.0. The molecule has 0 aromatic heterocycles. The highest BCUT2D eigenvalue weighted by molar-refractivity contribution is 5.70. The molecular weight excluding hydrogens is 572 g/mol. The third-order valence-corrected chi connectivity index (χ3v) is 8.14. The van der Waals surface area contributed by atoms with E-state index in [1.165, 1.54) is 89.9 Å². The van der Waals surface area contributed by atoms with E-state index in [-0.39, 0.29) is 25.2 Å². The van der Waals surface area contributed by atoms with Gasteiger partial charge in [-0.25, -0.2) is 0 Å². The summed E-state index contributed by atoms with van der Waals surface area (Å²) in [5, 5.41) is 9.53. The fourth-order valence-corrected chi connectivity index (χ4v) is 5.25. The molecule has 0 aliphatic carbocycles. The molecule has 0 rings (SSSR count). The summed E-state index contributed by atoms with van der Waals surface area (Å²) < 4.78 is 10.6. The molecule has 5 heteroatoms. The van der Waals surface area contributed by atoms with Crippen molar-refractivity contribution >= 4 is 11.9 Å². The SMILES string of the molecule is CCC=CCC=CCC=CCC=CCCCCC(=O)OC(CO)COC(=O)CCCCCCCCCCCCCCCCCCC. The van der Waals surface area contributed by atoms with Crippen LogP contribution in [-0.2, 0) is 19.1 Å². The van der Waals surface area contributed by atoms with Crippen LogP contribution in [0, 0.1) is 0 Å². The van der Waals surface area contributed by atoms with Gasteiger partial charge in [-0.2, -0.15) is 0 Å². The second-order valence-electron chi connectivity index (χ2n) is 12.6. The van der Waals surface area contributed by atoms with Crippen molar-refractivity contribution in [3.8, 4) is 0 Å². The van der Waals surface area contributed by atoms with E-state index >= 15 is 0 Å². The summed E-state index contributed by atoms with van der Waals surface area (Å²) in [6.07, 6.45) is 46.0. The number of carbonyl (C=O) groups excluding carboxylic acids is 2. The molecule has 0 spiro atoms. The highest BCUT2D eigenvalue weighted by Crippen LogP contribution is 2.14. The highest BCUT2D eigenvalue weighted by Gasteiger charge is 2.16. The average Bonchev–Trinajstić information content (AvgIpc) is 3.06. The van der Waals surface area contributed by atoms with Crippen LogP contribution in [0.3, 0.4) is 0 Å². The lowest BCUT2D eigenvalue weighted by molar-refractivity contribution is -0.161. The summed E-state index contributed by atoms with van der Waals surface area (Å²) in [7, 11) is 0. The summed E-state index contributed by atoms with van der Waals surface area (Å²) in [5.74, 6) is -0.637. The number of carbonyl (C=O) groups is 2. The van der Waals surface area contributed by atoms with E-state index in [0.29, 0.717) is 12.8 Å². The minimum Gasteiger partial charge on any atom is -0.462 e. The van der Waals surface area contributed by atoms with E-state index in [9.17, 15) is 14.7 Å². The number of aliphatic hydroxyl groups excluding tert-OH is 1. The number of hydrogen-bond acceptors (Lipinski definition) is 5. The molecule has 1 unspecified atom stereocenters. The molecule has 0 aromatic rings. The fraction of sp³-hybridized carbons (Fsp3) is 0.756. The quantitative estimate of drug-likeness (QED) is 0.0429. The molecule has 0 radical (unpaired) electrons. The van der Waals surface area contributed by atoms with Gasteiger partial charge in [0.2, 0.25) is 0 Å². The minimum absolute atomic E-state index is 0.0814. The van der Waals surface area contributed by atoms with Crippen molar-refractivity contribution in [2.75, 3.05) is 13.2 Å². The van der Waals surface area contributed by atoms with Crippen LogP contribution in [0.4, 0.5) is 0 Å². The van der Waals surface area contributed by atoms with Gasteiger partial charge in [-0.15, -0.1) is 0 Å². The zero-order valence-corrected chi connectivity index (χ0v) is 30.1. The maximum atomic E-state index is 12.1. The van der Waals surface area contributed by atoms with E-state index in [1.54, 1.807) is 0 Å². The molecule has 1 atom stereocenters. The Labute approximate surface area is 284 Å². The van der Waals surface area contributed by atoms with Gasteiger partial charge < -0.3 is 14.6 Å². The number of ether oxygens (including phenoxy) is 2. The first-order chi connectivity index (χ1) is 22.6. The fourth-order valence-electron chi connectivity index (χ4n) is 5.25. The Kier molecular flexibility index (Phi) is 35.6. The van der Waals surface area contributed by atoms with Crippen molar-refractivity contribution in [1.29, 1.82) is 0 Å². The van der Waals surface area contributed by atoms with Crippen LogP contribution in [0.1, 0.15) is 181 Å². The highest BCUT2D eigenvalue weighted by atomic mass is 16.6. The molecule has 0 heterocycles. The van der Waals surface area contributed by atoms with Gasteiger partial charge in [0.1, 0.15) is 6.61 Å². The van der Waals surface area contributed by atoms with Gasteiger partial charge in [0, 0.05) is 12.8 Å². The van der Waals surface area contributed by atoms with Crippen LogP contribution >= 0.6 is 0 Å². The molecule has 266 valence electrons. The predicted octanol–water partition coefficient (Wildman–Crippen LogP) is 11.8. The Balaban J connectivity index is 3.61. The molecule has 46 heavy (non-hydrogen) atoms. The first-order valence-corrected chi connectivity index (χ1v) is 19.2. The normalized spacial score (nSPS) is 12.7. The summed E-state index contributed by atoms with van der Waals surface area (Å²) in [5.41, 5.74) is 0. The standard InChI is InChI=1S/C41H72O5/c1-3-5-7-9-11-13-15-17-19-20-22-23-25-27-29-31-33-35-40(43)45-38-39(37-42)46-41(44)36-34-32-30-28-26-24-21-18-16-14-12-10-8-6-4-2/h6,8,12,14,18,21,26,28,39,42H,3-5,7,9-11,13,15-17,19-20,22-25,27,29-38H2,1-2H3. The molecule has 0 aromatic carbocycles. The van der Waals surface area contributed by atoms with E-state index in [4.69, 9.17) is 9.47 Å². The topological polar surface area (TPSA) is 72.8 Å². The summed E-state index contributed by atoms with van der Waals surface area (Å²) in [4.78, 5) is 24.2. The average molecular weight is 645 g/mol. The van der Waals surface area contributed by atoms with Crippen LogP contribution in [-0.4, -0.2) is 36.4 Å². The van der Waals surface area contributed by atoms with Gasteiger partial charge in [0.15, 0.2) is 6.10 Å². The maximum Gasteiger partial charge on any atom is 0.306 e. The molecular formula is C41H72O5. The Hall–Kier alpha value is -2.14. The van der Waals surface area contributed by atoms with Crippen molar-refractivity contribution in [3.05, 3.63) is 48.6 Å². The Bertz CT molecular complexity index is 782. The molecule has 0 bridgehead atoms. The Morgan fingerprint density at radius 2 is 0.935 bits per heavy atom. The first-order valence-electron chi connectivity index (χ1n) is 19.2. The van der Waals surface area contributed by atoms with Gasteiger partial charge in [-0.1, -0.05) is 165 Å². The van der Waals surface area contributed by atoms with Gasteiger partial charge in [-0.3, -0.25) is 9.59 Å². The van der Waals surface area contributed by atoms with Crippen LogP contribution in [0.25, 0.3) is 0 Å². The van der Waals surface area contributed by atoms with E-state index < -0.39 is 6.10 Å². The summed E-state index contributed by atoms with van der Waals surface area (Å²) >= 11 is 0. The molecule has 0 aliphatic heterocycles. The molecule has 0 fully saturated rings. The second-order valence-corrected chi connectivity index (χ2v) is 12.6. The van der Waals surface area contributed by atoms with Crippen molar-refractivity contribution in [3.63, 3.8) is 0 Å². The number of unbranched alkanes of at least 4 members (excludes halogenated alkanes) is 18. The maximum absolute atomic E-state index is 12.1. The number of esters is 2. The van der Waals surface area contributed by atoms with Crippen LogP contribution in [0.15, 0.2) is 48.6 Å². The van der Waals surface area contributed by atoms with E-state index in [1.807, 2.05) is 0 Å². The summed E-state index contributed by atoms with van der Waals surface area (Å²) in [6, 6.07) is 0. The van der Waals surface area contributed by atoms with Gasteiger partial charge in [0.05, 0.1) is 6.61 Å². The number of allylic oxidation sites excluding steroid dienone is 8. The molecule has 0 amide bonds. The molecule has 0 saturated carbocycles. The molecule has 0 aliphatic rings. The zero-order valence-electron chi connectivity index (χ0n) is 30.1. The van der Waals surface area contributed by atoms with Crippen molar-refractivity contribution in [1.82, 2.24) is 0 Å². The Morgan fingerprint density at radius 1 is 0.522 bits per heavy atom. The van der Waals surface area contributed by atoms with Gasteiger partial charge >= 0.3 is 11.9 Å². The molecule has 0 saturated heterocycles. The monoisotopic (exact) mass is 645 g/mol. The van der Waals surface area contributed by atoms with Crippen molar-refractivity contribution in [2.24, 2.45) is 0 Å². The summed E-state index contributed by atoms with van der Waals surface area (Å²) in [6.45, 7) is 3.99. The third-order valence-electron chi connectivity index (χ3n) is 8.14.